The SMILES string of the molecule is CC(C)c1cc(NC(CC(=O)O)c2ccccc2)ncn1. The number of anilines is 1. The van der Waals surface area contributed by atoms with Gasteiger partial charge in [-0.25, -0.2) is 9.97 Å². The summed E-state index contributed by atoms with van der Waals surface area (Å²) in [5.41, 5.74) is 1.85. The maximum Gasteiger partial charge on any atom is 0.305 e. The maximum atomic E-state index is 11.1. The Balaban J connectivity index is 2.23. The first kappa shape index (κ1) is 15.0. The standard InChI is InChI=1S/C16H19N3O2/c1-11(2)13-8-15(18-10-17-13)19-14(9-16(20)21)12-6-4-3-5-7-12/h3-8,10-11,14H,9H2,1-2H3,(H,20,21)(H,17,18,19). The second kappa shape index (κ2) is 6.83. The molecular formula is C16H19N3O2. The predicted octanol–water partition coefficient (Wildman–Crippen LogP) is 3.23. The molecule has 1 heterocycles. The Morgan fingerprint density at radius 1 is 1.24 bits per heavy atom. The average molecular weight is 285 g/mol. The number of rotatable bonds is 6. The van der Waals surface area contributed by atoms with E-state index in [2.05, 4.69) is 29.1 Å². The highest BCUT2D eigenvalue weighted by Crippen LogP contribution is 2.22. The van der Waals surface area contributed by atoms with Crippen LogP contribution in [0.1, 0.15) is 43.5 Å². The van der Waals surface area contributed by atoms with Gasteiger partial charge in [-0.05, 0) is 11.5 Å². The zero-order valence-corrected chi connectivity index (χ0v) is 12.2. The highest BCUT2D eigenvalue weighted by atomic mass is 16.4. The smallest absolute Gasteiger partial charge is 0.305 e. The molecule has 0 saturated carbocycles. The normalized spacial score (nSPS) is 12.1. The monoisotopic (exact) mass is 285 g/mol. The van der Waals surface area contributed by atoms with Gasteiger partial charge < -0.3 is 10.4 Å². The number of nitrogens with zero attached hydrogens (tertiary/aromatic N) is 2. The lowest BCUT2D eigenvalue weighted by molar-refractivity contribution is -0.137. The highest BCUT2D eigenvalue weighted by molar-refractivity contribution is 5.68. The van der Waals surface area contributed by atoms with Crippen LogP contribution in [0, 0.1) is 0 Å². The molecule has 0 bridgehead atoms. The lowest BCUT2D eigenvalue weighted by atomic mass is 10.0. The van der Waals surface area contributed by atoms with Gasteiger partial charge in [0.25, 0.3) is 0 Å². The molecule has 2 N–H and O–H groups in total. The largest absolute Gasteiger partial charge is 0.481 e. The fourth-order valence-electron chi connectivity index (χ4n) is 2.06. The van der Waals surface area contributed by atoms with Crippen LogP contribution in [-0.2, 0) is 4.79 Å². The summed E-state index contributed by atoms with van der Waals surface area (Å²) in [6.45, 7) is 4.11. The second-order valence-electron chi connectivity index (χ2n) is 5.19. The van der Waals surface area contributed by atoms with E-state index in [1.807, 2.05) is 36.4 Å². The van der Waals surface area contributed by atoms with E-state index in [4.69, 9.17) is 5.11 Å². The number of carboxylic acids is 1. The van der Waals surface area contributed by atoms with Crippen molar-refractivity contribution < 1.29 is 9.90 Å². The van der Waals surface area contributed by atoms with E-state index in [1.165, 1.54) is 6.33 Å². The molecule has 5 heteroatoms. The van der Waals surface area contributed by atoms with Crippen molar-refractivity contribution in [3.63, 3.8) is 0 Å². The molecule has 0 spiro atoms. The van der Waals surface area contributed by atoms with Crippen molar-refractivity contribution in [1.29, 1.82) is 0 Å². The van der Waals surface area contributed by atoms with Gasteiger partial charge in [-0.2, -0.15) is 0 Å². The Bertz CT molecular complexity index is 599. The second-order valence-corrected chi connectivity index (χ2v) is 5.19. The number of aliphatic carboxylic acids is 1. The molecule has 2 aromatic rings. The number of hydrogen-bond acceptors (Lipinski definition) is 4. The van der Waals surface area contributed by atoms with Crippen molar-refractivity contribution in [2.45, 2.75) is 32.2 Å². The lowest BCUT2D eigenvalue weighted by Gasteiger charge is -2.18. The van der Waals surface area contributed by atoms with Gasteiger partial charge in [-0.15, -0.1) is 0 Å². The number of carbonyl (C=O) groups is 1. The van der Waals surface area contributed by atoms with E-state index < -0.39 is 5.97 Å². The molecule has 0 radical (unpaired) electrons. The van der Waals surface area contributed by atoms with Gasteiger partial charge in [-0.1, -0.05) is 44.2 Å². The van der Waals surface area contributed by atoms with Crippen LogP contribution in [-0.4, -0.2) is 21.0 Å². The summed E-state index contributed by atoms with van der Waals surface area (Å²) in [7, 11) is 0. The van der Waals surface area contributed by atoms with Crippen LogP contribution < -0.4 is 5.32 Å². The van der Waals surface area contributed by atoms with Crippen molar-refractivity contribution in [3.05, 3.63) is 54.0 Å². The Morgan fingerprint density at radius 2 is 1.95 bits per heavy atom. The number of carboxylic acid groups (broad SMARTS) is 1. The van der Waals surface area contributed by atoms with Crippen LogP contribution in [0.15, 0.2) is 42.7 Å². The van der Waals surface area contributed by atoms with Crippen LogP contribution in [0.3, 0.4) is 0 Å². The molecule has 0 fully saturated rings. The minimum atomic E-state index is -0.852. The molecule has 0 saturated heterocycles. The minimum Gasteiger partial charge on any atom is -0.481 e. The third kappa shape index (κ3) is 4.27. The van der Waals surface area contributed by atoms with Crippen molar-refractivity contribution in [2.75, 3.05) is 5.32 Å². The van der Waals surface area contributed by atoms with E-state index in [-0.39, 0.29) is 12.5 Å². The maximum absolute atomic E-state index is 11.1. The van der Waals surface area contributed by atoms with E-state index in [9.17, 15) is 4.79 Å². The molecular weight excluding hydrogens is 266 g/mol. The first-order valence-electron chi connectivity index (χ1n) is 6.91. The molecule has 5 nitrogen and oxygen atoms in total. The molecule has 0 aliphatic rings. The number of benzene rings is 1. The van der Waals surface area contributed by atoms with E-state index in [0.717, 1.165) is 11.3 Å². The first-order chi connectivity index (χ1) is 10.1. The lowest BCUT2D eigenvalue weighted by Crippen LogP contribution is -2.16. The van der Waals surface area contributed by atoms with Gasteiger partial charge in [0.1, 0.15) is 12.1 Å². The Hall–Kier alpha value is -2.43. The fraction of sp³-hybridized carbons (Fsp3) is 0.312. The van der Waals surface area contributed by atoms with Gasteiger partial charge in [-0.3, -0.25) is 4.79 Å². The molecule has 2 rings (SSSR count). The summed E-state index contributed by atoms with van der Waals surface area (Å²) < 4.78 is 0. The highest BCUT2D eigenvalue weighted by Gasteiger charge is 2.16. The molecule has 0 aliphatic carbocycles. The van der Waals surface area contributed by atoms with Gasteiger partial charge >= 0.3 is 5.97 Å². The van der Waals surface area contributed by atoms with Crippen molar-refractivity contribution in [3.8, 4) is 0 Å². The summed E-state index contributed by atoms with van der Waals surface area (Å²) in [5.74, 6) is 0.0847. The van der Waals surface area contributed by atoms with Crippen LogP contribution in [0.4, 0.5) is 5.82 Å². The number of aromatic nitrogens is 2. The molecule has 110 valence electrons. The summed E-state index contributed by atoms with van der Waals surface area (Å²) >= 11 is 0. The van der Waals surface area contributed by atoms with Crippen molar-refractivity contribution in [1.82, 2.24) is 9.97 Å². The summed E-state index contributed by atoms with van der Waals surface area (Å²) in [6, 6.07) is 11.1. The third-order valence-electron chi connectivity index (χ3n) is 3.18. The Labute approximate surface area is 124 Å². The molecule has 1 aromatic heterocycles. The van der Waals surface area contributed by atoms with E-state index in [1.54, 1.807) is 0 Å². The van der Waals surface area contributed by atoms with Crippen LogP contribution >= 0.6 is 0 Å². The number of hydrogen-bond donors (Lipinski definition) is 2. The Morgan fingerprint density at radius 3 is 2.57 bits per heavy atom. The molecule has 1 unspecified atom stereocenters. The summed E-state index contributed by atoms with van der Waals surface area (Å²) in [5, 5.41) is 12.3. The van der Waals surface area contributed by atoms with Gasteiger partial charge in [0.2, 0.25) is 0 Å². The molecule has 21 heavy (non-hydrogen) atoms. The minimum absolute atomic E-state index is 0.00890. The fourth-order valence-corrected chi connectivity index (χ4v) is 2.06. The van der Waals surface area contributed by atoms with Crippen LogP contribution in [0.2, 0.25) is 0 Å². The third-order valence-corrected chi connectivity index (χ3v) is 3.18. The van der Waals surface area contributed by atoms with Crippen LogP contribution in [0.5, 0.6) is 0 Å². The molecule has 0 amide bonds. The first-order valence-corrected chi connectivity index (χ1v) is 6.91. The summed E-state index contributed by atoms with van der Waals surface area (Å²) in [4.78, 5) is 19.5. The molecule has 0 aliphatic heterocycles. The van der Waals surface area contributed by atoms with Gasteiger partial charge in [0.15, 0.2) is 0 Å². The topological polar surface area (TPSA) is 75.1 Å². The van der Waals surface area contributed by atoms with Crippen LogP contribution in [0.25, 0.3) is 0 Å². The van der Waals surface area contributed by atoms with Gasteiger partial charge in [0.05, 0.1) is 12.5 Å². The average Bonchev–Trinajstić information content (AvgIpc) is 2.47. The zero-order chi connectivity index (χ0) is 15.2. The van der Waals surface area contributed by atoms with E-state index >= 15 is 0 Å². The molecule has 1 atom stereocenters. The van der Waals surface area contributed by atoms with Crippen molar-refractivity contribution in [2.24, 2.45) is 0 Å². The molecule has 1 aromatic carbocycles. The quantitative estimate of drug-likeness (QED) is 0.852. The van der Waals surface area contributed by atoms with Crippen molar-refractivity contribution >= 4 is 11.8 Å². The van der Waals surface area contributed by atoms with Gasteiger partial charge in [0, 0.05) is 11.8 Å². The van der Waals surface area contributed by atoms with E-state index in [0.29, 0.717) is 11.7 Å². The number of nitrogens with one attached hydrogen (secondary N) is 1. The zero-order valence-electron chi connectivity index (χ0n) is 12.2. The Kier molecular flexibility index (Phi) is 4.87. The predicted molar refractivity (Wildman–Crippen MR) is 81.2 cm³/mol. The summed E-state index contributed by atoms with van der Waals surface area (Å²) in [6.07, 6.45) is 1.49.